The van der Waals surface area contributed by atoms with Crippen molar-refractivity contribution in [3.63, 3.8) is 0 Å². The molecule has 0 saturated carbocycles. The number of benzene rings is 2. The van der Waals surface area contributed by atoms with Gasteiger partial charge in [0.15, 0.2) is 5.78 Å². The third-order valence-electron chi connectivity index (χ3n) is 6.25. The highest BCUT2D eigenvalue weighted by atomic mass is 16.4. The zero-order valence-electron chi connectivity index (χ0n) is 20.4. The van der Waals surface area contributed by atoms with E-state index < -0.39 is 29.4 Å². The summed E-state index contributed by atoms with van der Waals surface area (Å²) in [5, 5.41) is 2.45. The third-order valence-corrected chi connectivity index (χ3v) is 6.25. The van der Waals surface area contributed by atoms with Crippen LogP contribution in [0.5, 0.6) is 0 Å². The van der Waals surface area contributed by atoms with E-state index in [0.29, 0.717) is 18.5 Å². The Morgan fingerprint density at radius 2 is 1.56 bits per heavy atom. The summed E-state index contributed by atoms with van der Waals surface area (Å²) >= 11 is 0. The highest BCUT2D eigenvalue weighted by Gasteiger charge is 2.39. The van der Waals surface area contributed by atoms with Crippen LogP contribution in [0.15, 0.2) is 40.8 Å². The predicted octanol–water partition coefficient (Wildman–Crippen LogP) is 4.07. The van der Waals surface area contributed by atoms with Crippen LogP contribution in [0.3, 0.4) is 0 Å². The third kappa shape index (κ3) is 3.88. The molecule has 0 fully saturated rings. The lowest BCUT2D eigenvalue weighted by Crippen LogP contribution is -2.31. The van der Waals surface area contributed by atoms with E-state index in [0.717, 1.165) is 11.1 Å². The summed E-state index contributed by atoms with van der Waals surface area (Å²) in [5.41, 5.74) is 7.84. The number of para-hydroxylation sites is 1. The number of furan rings is 1. The largest absolute Gasteiger partial charge is 0.444 e. The van der Waals surface area contributed by atoms with Gasteiger partial charge in [0.05, 0.1) is 22.4 Å². The number of hydrogen-bond acceptors (Lipinski definition) is 6. The maximum absolute atomic E-state index is 13.4. The van der Waals surface area contributed by atoms with Gasteiger partial charge in [-0.05, 0) is 56.0 Å². The van der Waals surface area contributed by atoms with Gasteiger partial charge in [-0.25, -0.2) is 4.90 Å². The zero-order chi connectivity index (χ0) is 26.3. The number of nitrogens with zero attached hydrogens (tertiary/aromatic N) is 1. The van der Waals surface area contributed by atoms with E-state index >= 15 is 0 Å². The topological polar surface area (TPSA) is 140 Å². The molecule has 0 radical (unpaired) electrons. The fourth-order valence-corrected chi connectivity index (χ4v) is 4.55. The molecule has 36 heavy (non-hydrogen) atoms. The molecule has 4 rings (SSSR count). The highest BCUT2D eigenvalue weighted by Crippen LogP contribution is 2.35. The molecule has 0 atom stereocenters. The Hall–Kier alpha value is -4.53. The summed E-state index contributed by atoms with van der Waals surface area (Å²) in [6, 6.07) is 9.82. The van der Waals surface area contributed by atoms with E-state index in [-0.39, 0.29) is 39.5 Å². The fourth-order valence-electron chi connectivity index (χ4n) is 4.55. The lowest BCUT2D eigenvalue weighted by Gasteiger charge is -2.21. The Balaban J connectivity index is 1.71. The number of aryl methyl sites for hydroxylation is 3. The number of carbonyl (C=O) groups excluding carboxylic acids is 5. The van der Waals surface area contributed by atoms with Crippen LogP contribution < -0.4 is 16.0 Å². The maximum atomic E-state index is 13.4. The number of fused-ring (bicyclic) bond motifs is 1. The Bertz CT molecular complexity index is 1440. The van der Waals surface area contributed by atoms with Crippen LogP contribution in [-0.2, 0) is 12.8 Å². The molecule has 2 aromatic carbocycles. The summed E-state index contributed by atoms with van der Waals surface area (Å²) in [4.78, 5) is 64.7. The molecular formula is C27H25N3O6. The van der Waals surface area contributed by atoms with Crippen molar-refractivity contribution in [2.24, 2.45) is 5.73 Å². The number of Topliss-reactive ketones (excluding diaryl/α,β-unsaturated/α-hetero) is 1. The molecule has 4 amide bonds. The molecule has 3 aromatic rings. The van der Waals surface area contributed by atoms with Gasteiger partial charge in [0.2, 0.25) is 5.88 Å². The number of amides is 4. The SMILES string of the molecule is CCc1cccc(CC)c1N1C(=O)c2ccc(C(=O)Nc3oc(C)c(C(C)=O)c3C(N)=O)cc2C1=O. The van der Waals surface area contributed by atoms with Crippen LogP contribution in [-0.4, -0.2) is 29.4 Å². The molecule has 1 aliphatic heterocycles. The molecule has 0 aliphatic carbocycles. The minimum absolute atomic E-state index is 0.00973. The minimum Gasteiger partial charge on any atom is -0.444 e. The lowest BCUT2D eigenvalue weighted by molar-refractivity contribution is 0.0922. The van der Waals surface area contributed by atoms with Crippen molar-refractivity contribution in [2.45, 2.75) is 40.5 Å². The van der Waals surface area contributed by atoms with Crippen LogP contribution in [0.25, 0.3) is 0 Å². The number of nitrogens with two attached hydrogens (primary N) is 1. The molecule has 0 spiro atoms. The Labute approximate surface area is 207 Å². The van der Waals surface area contributed by atoms with E-state index in [1.165, 1.54) is 36.9 Å². The average Bonchev–Trinajstić information content (AvgIpc) is 3.31. The second-order valence-electron chi connectivity index (χ2n) is 8.45. The number of ketones is 1. The van der Waals surface area contributed by atoms with Gasteiger partial charge in [0.1, 0.15) is 11.3 Å². The van der Waals surface area contributed by atoms with E-state index in [1.807, 2.05) is 32.0 Å². The van der Waals surface area contributed by atoms with Crippen molar-refractivity contribution < 1.29 is 28.4 Å². The Morgan fingerprint density at radius 1 is 0.944 bits per heavy atom. The number of anilines is 2. The number of hydrogen-bond donors (Lipinski definition) is 2. The van der Waals surface area contributed by atoms with Gasteiger partial charge in [-0.2, -0.15) is 0 Å². The van der Waals surface area contributed by atoms with Crippen LogP contribution in [0.2, 0.25) is 0 Å². The molecule has 3 N–H and O–H groups in total. The quantitative estimate of drug-likeness (QED) is 0.380. The second-order valence-corrected chi connectivity index (χ2v) is 8.45. The molecule has 2 heterocycles. The summed E-state index contributed by atoms with van der Waals surface area (Å²) < 4.78 is 5.43. The maximum Gasteiger partial charge on any atom is 0.266 e. The molecular weight excluding hydrogens is 462 g/mol. The van der Waals surface area contributed by atoms with Gasteiger partial charge in [-0.3, -0.25) is 29.3 Å². The fraction of sp³-hybridized carbons (Fsp3) is 0.222. The number of carbonyl (C=O) groups is 5. The first kappa shape index (κ1) is 24.6. The van der Waals surface area contributed by atoms with Crippen molar-refractivity contribution in [3.8, 4) is 0 Å². The van der Waals surface area contributed by atoms with Gasteiger partial charge in [-0.1, -0.05) is 32.0 Å². The second kappa shape index (κ2) is 9.26. The molecule has 184 valence electrons. The van der Waals surface area contributed by atoms with E-state index in [2.05, 4.69) is 5.32 Å². The summed E-state index contributed by atoms with van der Waals surface area (Å²) in [5.74, 6) is -3.18. The van der Waals surface area contributed by atoms with Crippen molar-refractivity contribution in [1.29, 1.82) is 0 Å². The lowest BCUT2D eigenvalue weighted by atomic mass is 10.0. The van der Waals surface area contributed by atoms with Crippen LogP contribution in [0.1, 0.15) is 89.4 Å². The van der Waals surface area contributed by atoms with Gasteiger partial charge in [0, 0.05) is 5.56 Å². The van der Waals surface area contributed by atoms with Gasteiger partial charge in [-0.15, -0.1) is 0 Å². The molecule has 1 aromatic heterocycles. The normalized spacial score (nSPS) is 12.6. The minimum atomic E-state index is -0.931. The number of rotatable bonds is 7. The number of imide groups is 1. The molecule has 0 unspecified atom stereocenters. The van der Waals surface area contributed by atoms with Crippen LogP contribution in [0, 0.1) is 6.92 Å². The van der Waals surface area contributed by atoms with Crippen LogP contribution >= 0.6 is 0 Å². The highest BCUT2D eigenvalue weighted by molar-refractivity contribution is 6.35. The number of nitrogens with one attached hydrogen (secondary N) is 1. The van der Waals surface area contributed by atoms with E-state index in [9.17, 15) is 24.0 Å². The van der Waals surface area contributed by atoms with Crippen LogP contribution in [0.4, 0.5) is 11.6 Å². The zero-order valence-corrected chi connectivity index (χ0v) is 20.4. The van der Waals surface area contributed by atoms with Crippen molar-refractivity contribution >= 4 is 41.0 Å². The van der Waals surface area contributed by atoms with Crippen molar-refractivity contribution in [2.75, 3.05) is 10.2 Å². The van der Waals surface area contributed by atoms with Gasteiger partial charge >= 0.3 is 0 Å². The summed E-state index contributed by atoms with van der Waals surface area (Å²) in [6.45, 7) is 6.64. The molecule has 9 heteroatoms. The van der Waals surface area contributed by atoms with E-state index in [1.54, 1.807) is 0 Å². The summed E-state index contributed by atoms with van der Waals surface area (Å²) in [6.07, 6.45) is 1.27. The van der Waals surface area contributed by atoms with E-state index in [4.69, 9.17) is 10.2 Å². The number of primary amides is 1. The molecule has 9 nitrogen and oxygen atoms in total. The van der Waals surface area contributed by atoms with Gasteiger partial charge in [0.25, 0.3) is 23.6 Å². The molecule has 1 aliphatic rings. The summed E-state index contributed by atoms with van der Waals surface area (Å²) in [7, 11) is 0. The predicted molar refractivity (Wildman–Crippen MR) is 133 cm³/mol. The smallest absolute Gasteiger partial charge is 0.266 e. The van der Waals surface area contributed by atoms with Gasteiger partial charge < -0.3 is 10.2 Å². The molecule has 0 bridgehead atoms. The standard InChI is InChI=1S/C27H25N3O6/c1-5-15-8-7-9-16(6-2)22(15)30-26(34)18-11-10-17(12-19(18)27(30)35)24(33)29-25-21(23(28)32)20(13(3)31)14(4)36-25/h7-12H,5-6H2,1-4H3,(H2,28,32)(H,29,33). The average molecular weight is 488 g/mol. The monoisotopic (exact) mass is 487 g/mol. The first-order valence-electron chi connectivity index (χ1n) is 11.5. The first-order chi connectivity index (χ1) is 17.1. The Morgan fingerprint density at radius 3 is 2.11 bits per heavy atom. The van der Waals surface area contributed by atoms with Crippen molar-refractivity contribution in [3.05, 3.63) is 81.1 Å². The molecule has 0 saturated heterocycles. The van der Waals surface area contributed by atoms with Crippen molar-refractivity contribution in [1.82, 2.24) is 0 Å². The first-order valence-corrected chi connectivity index (χ1v) is 11.5. The Kier molecular flexibility index (Phi) is 6.32.